The van der Waals surface area contributed by atoms with Gasteiger partial charge in [-0.25, -0.2) is 4.98 Å². The van der Waals surface area contributed by atoms with Gasteiger partial charge in [0, 0.05) is 30.4 Å². The molecule has 2 heterocycles. The second-order valence-corrected chi connectivity index (χ2v) is 8.89. The first-order valence-electron chi connectivity index (χ1n) is 11.0. The number of benzene rings is 1. The van der Waals surface area contributed by atoms with Crippen molar-refractivity contribution >= 4 is 39.8 Å². The van der Waals surface area contributed by atoms with Gasteiger partial charge in [-0.15, -0.1) is 0 Å². The fourth-order valence-electron chi connectivity index (χ4n) is 3.53. The number of phenols is 1. The predicted octanol–water partition coefficient (Wildman–Crippen LogP) is 3.37. The number of anilines is 3. The van der Waals surface area contributed by atoms with Crippen LogP contribution in [0.4, 0.5) is 16.6 Å². The summed E-state index contributed by atoms with van der Waals surface area (Å²) in [5, 5.41) is 30.6. The number of nitrogens with zero attached hydrogens (tertiary/aromatic N) is 4. The molecule has 2 aromatic heterocycles. The maximum absolute atomic E-state index is 12.8. The summed E-state index contributed by atoms with van der Waals surface area (Å²) in [4.78, 5) is 31.8. The lowest BCUT2D eigenvalue weighted by Crippen LogP contribution is -2.38. The summed E-state index contributed by atoms with van der Waals surface area (Å²) < 4.78 is 1.45. The van der Waals surface area contributed by atoms with E-state index in [1.807, 2.05) is 27.7 Å². The molecule has 0 saturated heterocycles. The monoisotopic (exact) mass is 486 g/mol. The van der Waals surface area contributed by atoms with Crippen LogP contribution in [0, 0.1) is 20.8 Å². The predicted molar refractivity (Wildman–Crippen MR) is 132 cm³/mol. The van der Waals surface area contributed by atoms with E-state index in [0.29, 0.717) is 40.2 Å². The number of aryl methyl sites for hydroxylation is 2. The van der Waals surface area contributed by atoms with Gasteiger partial charge < -0.3 is 25.7 Å². The standard InChI is InChI=1S/C23H30N6O4S/c1-6-28(7-2)22(33)16(12-30)29-11-14(4)20(27-29)26-23-24-10-18(34-23)21(32)25-19-13(3)8-9-17(31)15(19)5/h8-11,16,30-31H,6-7,12H2,1-5H3,(H,25,32)(H,24,26,27). The Morgan fingerprint density at radius 1 is 1.18 bits per heavy atom. The van der Waals surface area contributed by atoms with Gasteiger partial charge in [0.05, 0.1) is 18.5 Å². The van der Waals surface area contributed by atoms with E-state index in [1.165, 1.54) is 10.9 Å². The van der Waals surface area contributed by atoms with E-state index in [4.69, 9.17) is 0 Å². The van der Waals surface area contributed by atoms with Crippen molar-refractivity contribution in [3.63, 3.8) is 0 Å². The number of likely N-dealkylation sites (N-methyl/N-ethyl adjacent to an activating group) is 1. The van der Waals surface area contributed by atoms with E-state index in [9.17, 15) is 19.8 Å². The van der Waals surface area contributed by atoms with E-state index in [0.717, 1.165) is 22.5 Å². The van der Waals surface area contributed by atoms with E-state index >= 15 is 0 Å². The Labute approximate surface area is 202 Å². The zero-order valence-electron chi connectivity index (χ0n) is 19.9. The summed E-state index contributed by atoms with van der Waals surface area (Å²) in [6, 6.07) is 2.51. The minimum absolute atomic E-state index is 0.110. The number of aliphatic hydroxyl groups is 1. The molecule has 10 nitrogen and oxygen atoms in total. The van der Waals surface area contributed by atoms with Crippen LogP contribution < -0.4 is 10.6 Å². The van der Waals surface area contributed by atoms with Crippen LogP contribution in [0.5, 0.6) is 5.75 Å². The first-order chi connectivity index (χ1) is 16.2. The number of aromatic hydroxyl groups is 1. The molecule has 0 fully saturated rings. The molecule has 0 aliphatic carbocycles. The van der Waals surface area contributed by atoms with Gasteiger partial charge in [0.1, 0.15) is 10.6 Å². The minimum Gasteiger partial charge on any atom is -0.508 e. The van der Waals surface area contributed by atoms with Crippen LogP contribution in [0.1, 0.15) is 46.3 Å². The van der Waals surface area contributed by atoms with Gasteiger partial charge in [0.15, 0.2) is 17.0 Å². The molecule has 3 rings (SSSR count). The van der Waals surface area contributed by atoms with Crippen LogP contribution in [0.25, 0.3) is 0 Å². The Kier molecular flexibility index (Phi) is 7.90. The largest absolute Gasteiger partial charge is 0.508 e. The molecule has 1 atom stereocenters. The molecule has 0 aliphatic heterocycles. The SMILES string of the molecule is CCN(CC)C(=O)C(CO)n1cc(C)c(Nc2ncc(C(=O)Nc3c(C)ccc(O)c3C)s2)n1. The summed E-state index contributed by atoms with van der Waals surface area (Å²) >= 11 is 1.15. The lowest BCUT2D eigenvalue weighted by molar-refractivity contribution is -0.135. The average molecular weight is 487 g/mol. The van der Waals surface area contributed by atoms with Gasteiger partial charge in [0.2, 0.25) is 5.91 Å². The molecule has 11 heteroatoms. The number of thiazole rings is 1. The Bertz CT molecular complexity index is 1180. The first-order valence-corrected chi connectivity index (χ1v) is 11.8. The number of carbonyl (C=O) groups is 2. The average Bonchev–Trinajstić information content (AvgIpc) is 3.42. The highest BCUT2D eigenvalue weighted by Crippen LogP contribution is 2.30. The topological polar surface area (TPSA) is 133 Å². The van der Waals surface area contributed by atoms with Crippen molar-refractivity contribution < 1.29 is 19.8 Å². The second-order valence-electron chi connectivity index (χ2n) is 7.86. The van der Waals surface area contributed by atoms with Crippen molar-refractivity contribution in [2.24, 2.45) is 0 Å². The molecule has 0 radical (unpaired) electrons. The van der Waals surface area contributed by atoms with Crippen LogP contribution in [-0.2, 0) is 4.79 Å². The number of aliphatic hydroxyl groups excluding tert-OH is 1. The van der Waals surface area contributed by atoms with Crippen molar-refractivity contribution in [1.82, 2.24) is 19.7 Å². The van der Waals surface area contributed by atoms with Gasteiger partial charge in [-0.1, -0.05) is 17.4 Å². The van der Waals surface area contributed by atoms with E-state index in [2.05, 4.69) is 20.7 Å². The maximum atomic E-state index is 12.8. The molecule has 2 amide bonds. The van der Waals surface area contributed by atoms with Crippen molar-refractivity contribution in [3.8, 4) is 5.75 Å². The van der Waals surface area contributed by atoms with Crippen molar-refractivity contribution in [2.75, 3.05) is 30.3 Å². The molecular formula is C23H30N6O4S. The number of aromatic nitrogens is 3. The molecule has 0 bridgehead atoms. The van der Waals surface area contributed by atoms with Gasteiger partial charge in [-0.2, -0.15) is 5.10 Å². The van der Waals surface area contributed by atoms with Crippen LogP contribution in [0.15, 0.2) is 24.5 Å². The molecule has 0 saturated carbocycles. The molecule has 3 aromatic rings. The zero-order valence-corrected chi connectivity index (χ0v) is 20.7. The normalized spacial score (nSPS) is 11.8. The highest BCUT2D eigenvalue weighted by Gasteiger charge is 2.25. The van der Waals surface area contributed by atoms with Gasteiger partial charge >= 0.3 is 0 Å². The maximum Gasteiger partial charge on any atom is 0.267 e. The van der Waals surface area contributed by atoms with E-state index in [-0.39, 0.29) is 24.2 Å². The molecule has 34 heavy (non-hydrogen) atoms. The summed E-state index contributed by atoms with van der Waals surface area (Å²) in [5.74, 6) is 0.0492. The summed E-state index contributed by atoms with van der Waals surface area (Å²) in [7, 11) is 0. The van der Waals surface area contributed by atoms with Crippen LogP contribution >= 0.6 is 11.3 Å². The third kappa shape index (κ3) is 5.20. The molecule has 1 aromatic carbocycles. The summed E-state index contributed by atoms with van der Waals surface area (Å²) in [5.41, 5.74) is 2.76. The zero-order chi connectivity index (χ0) is 25.0. The quantitative estimate of drug-likeness (QED) is 0.364. The number of rotatable bonds is 9. The number of phenolic OH excluding ortho intramolecular Hbond substituents is 1. The first kappa shape index (κ1) is 25.2. The van der Waals surface area contributed by atoms with E-state index in [1.54, 1.807) is 30.2 Å². The number of nitrogens with one attached hydrogen (secondary N) is 2. The number of amides is 2. The number of hydrogen-bond acceptors (Lipinski definition) is 8. The lowest BCUT2D eigenvalue weighted by atomic mass is 10.1. The Morgan fingerprint density at radius 3 is 2.53 bits per heavy atom. The van der Waals surface area contributed by atoms with Crippen molar-refractivity contribution in [2.45, 2.75) is 40.7 Å². The molecule has 4 N–H and O–H groups in total. The van der Waals surface area contributed by atoms with Gasteiger partial charge in [-0.05, 0) is 46.2 Å². The number of hydrogen-bond donors (Lipinski definition) is 4. The Hall–Kier alpha value is -3.44. The van der Waals surface area contributed by atoms with Crippen molar-refractivity contribution in [1.29, 1.82) is 0 Å². The third-order valence-corrected chi connectivity index (χ3v) is 6.52. The van der Waals surface area contributed by atoms with Crippen LogP contribution in [0.3, 0.4) is 0 Å². The number of carbonyl (C=O) groups excluding carboxylic acids is 2. The fourth-order valence-corrected chi connectivity index (χ4v) is 4.24. The van der Waals surface area contributed by atoms with Crippen LogP contribution in [0.2, 0.25) is 0 Å². The summed E-state index contributed by atoms with van der Waals surface area (Å²) in [6.07, 6.45) is 3.15. The van der Waals surface area contributed by atoms with E-state index < -0.39 is 6.04 Å². The molecule has 0 aliphatic rings. The molecule has 182 valence electrons. The molecular weight excluding hydrogens is 456 g/mol. The molecule has 1 unspecified atom stereocenters. The fraction of sp³-hybridized carbons (Fsp3) is 0.391. The summed E-state index contributed by atoms with van der Waals surface area (Å²) in [6.45, 7) is 9.91. The minimum atomic E-state index is -0.819. The molecule has 0 spiro atoms. The van der Waals surface area contributed by atoms with Crippen molar-refractivity contribution in [3.05, 3.63) is 46.1 Å². The van der Waals surface area contributed by atoms with Crippen LogP contribution in [-0.4, -0.2) is 61.4 Å². The Morgan fingerprint density at radius 2 is 1.88 bits per heavy atom. The highest BCUT2D eigenvalue weighted by atomic mass is 32.1. The lowest BCUT2D eigenvalue weighted by Gasteiger charge is -2.24. The second kappa shape index (κ2) is 10.7. The highest BCUT2D eigenvalue weighted by molar-refractivity contribution is 7.17. The third-order valence-electron chi connectivity index (χ3n) is 5.61. The Balaban J connectivity index is 1.75. The smallest absolute Gasteiger partial charge is 0.267 e. The van der Waals surface area contributed by atoms with Gasteiger partial charge in [-0.3, -0.25) is 14.3 Å². The van der Waals surface area contributed by atoms with Gasteiger partial charge in [0.25, 0.3) is 5.91 Å².